The molecule has 2 aromatic rings. The first-order chi connectivity index (χ1) is 12.4. The minimum atomic E-state index is -1.57. The Bertz CT molecular complexity index is 921. The molecule has 5 nitrogen and oxygen atoms in total. The van der Waals surface area contributed by atoms with Gasteiger partial charge in [0, 0.05) is 55.1 Å². The van der Waals surface area contributed by atoms with E-state index in [4.69, 9.17) is 0 Å². The second kappa shape index (κ2) is 6.19. The minimum Gasteiger partial charge on any atom is -0.324 e. The molecule has 26 heavy (non-hydrogen) atoms. The van der Waals surface area contributed by atoms with Gasteiger partial charge >= 0.3 is 6.03 Å². The van der Waals surface area contributed by atoms with E-state index in [2.05, 4.69) is 5.32 Å². The zero-order valence-corrected chi connectivity index (χ0v) is 13.7. The van der Waals surface area contributed by atoms with E-state index in [9.17, 15) is 22.8 Å². The molecule has 2 atom stereocenters. The zero-order chi connectivity index (χ0) is 18.4. The van der Waals surface area contributed by atoms with Crippen molar-refractivity contribution in [2.24, 2.45) is 5.92 Å². The van der Waals surface area contributed by atoms with Crippen molar-refractivity contribution in [3.8, 4) is 0 Å². The van der Waals surface area contributed by atoms with Crippen molar-refractivity contribution in [3.63, 3.8) is 0 Å². The molecule has 0 unspecified atom stereocenters. The van der Waals surface area contributed by atoms with Gasteiger partial charge in [0.25, 0.3) is 5.56 Å². The van der Waals surface area contributed by atoms with Gasteiger partial charge in [0.15, 0.2) is 17.5 Å². The third-order valence-corrected chi connectivity index (χ3v) is 5.00. The lowest BCUT2D eigenvalue weighted by atomic mass is 9.83. The number of rotatable bonds is 1. The van der Waals surface area contributed by atoms with Crippen LogP contribution in [-0.4, -0.2) is 28.6 Å². The van der Waals surface area contributed by atoms with E-state index in [1.807, 2.05) is 6.07 Å². The molecule has 1 fully saturated rings. The van der Waals surface area contributed by atoms with Gasteiger partial charge in [-0.25, -0.2) is 18.0 Å². The summed E-state index contributed by atoms with van der Waals surface area (Å²) in [6.45, 7) is 1.38. The number of hydrogen-bond donors (Lipinski definition) is 1. The van der Waals surface area contributed by atoms with Gasteiger partial charge in [-0.05, 0) is 18.4 Å². The fraction of sp³-hybridized carbons (Fsp3) is 0.333. The van der Waals surface area contributed by atoms with E-state index in [0.717, 1.165) is 24.2 Å². The normalized spacial score (nSPS) is 21.3. The average molecular weight is 363 g/mol. The molecule has 1 saturated heterocycles. The summed E-state index contributed by atoms with van der Waals surface area (Å²) in [7, 11) is 0. The molecule has 1 aromatic carbocycles. The number of aromatic nitrogens is 1. The van der Waals surface area contributed by atoms with Crippen LogP contribution in [0.1, 0.15) is 18.0 Å². The Morgan fingerprint density at radius 2 is 1.81 bits per heavy atom. The number of amides is 2. The van der Waals surface area contributed by atoms with Crippen molar-refractivity contribution in [1.29, 1.82) is 0 Å². The summed E-state index contributed by atoms with van der Waals surface area (Å²) in [5.41, 5.74) is 0.705. The number of carbonyl (C=O) groups is 1. The fourth-order valence-corrected chi connectivity index (χ4v) is 3.89. The molecule has 0 saturated carbocycles. The Hall–Kier alpha value is -2.77. The smallest absolute Gasteiger partial charge is 0.321 e. The number of nitrogens with one attached hydrogen (secondary N) is 1. The van der Waals surface area contributed by atoms with Crippen LogP contribution < -0.4 is 10.9 Å². The lowest BCUT2D eigenvalue weighted by Crippen LogP contribution is -2.50. The monoisotopic (exact) mass is 363 g/mol. The Balaban J connectivity index is 1.53. The van der Waals surface area contributed by atoms with Gasteiger partial charge in [-0.15, -0.1) is 0 Å². The SMILES string of the molecule is O=C(Nc1cc(F)c(F)c(F)c1)N1C[C@H]2C[C@@H](C1)c1cccc(=O)n1C2. The highest BCUT2D eigenvalue weighted by molar-refractivity contribution is 5.89. The van der Waals surface area contributed by atoms with Crippen LogP contribution in [0.2, 0.25) is 0 Å². The fourth-order valence-electron chi connectivity index (χ4n) is 3.89. The molecule has 4 rings (SSSR count). The van der Waals surface area contributed by atoms with Gasteiger partial charge < -0.3 is 14.8 Å². The molecule has 3 heterocycles. The maximum Gasteiger partial charge on any atom is 0.321 e. The highest BCUT2D eigenvalue weighted by atomic mass is 19.2. The van der Waals surface area contributed by atoms with E-state index >= 15 is 0 Å². The van der Waals surface area contributed by atoms with Gasteiger partial charge in [0.05, 0.1) is 0 Å². The van der Waals surface area contributed by atoms with E-state index in [1.165, 1.54) is 6.07 Å². The van der Waals surface area contributed by atoms with Crippen LogP contribution in [0.3, 0.4) is 0 Å². The molecule has 8 heteroatoms. The third kappa shape index (κ3) is 2.85. The van der Waals surface area contributed by atoms with Gasteiger partial charge in [0.2, 0.25) is 0 Å². The first-order valence-electron chi connectivity index (χ1n) is 8.32. The topological polar surface area (TPSA) is 54.3 Å². The van der Waals surface area contributed by atoms with Crippen LogP contribution >= 0.6 is 0 Å². The average Bonchev–Trinajstić information content (AvgIpc) is 2.60. The Kier molecular flexibility index (Phi) is 3.97. The molecule has 0 spiro atoms. The van der Waals surface area contributed by atoms with Gasteiger partial charge in [-0.3, -0.25) is 4.79 Å². The van der Waals surface area contributed by atoms with Crippen molar-refractivity contribution in [3.05, 3.63) is 63.8 Å². The van der Waals surface area contributed by atoms with Crippen LogP contribution in [0.5, 0.6) is 0 Å². The van der Waals surface area contributed by atoms with Crippen molar-refractivity contribution in [1.82, 2.24) is 9.47 Å². The second-order valence-electron chi connectivity index (χ2n) is 6.79. The summed E-state index contributed by atoms with van der Waals surface area (Å²) in [6, 6.07) is 6.10. The number of benzene rings is 1. The zero-order valence-electron chi connectivity index (χ0n) is 13.7. The number of carbonyl (C=O) groups excluding carboxylic acids is 1. The number of piperidine rings is 1. The van der Waals surface area contributed by atoms with Crippen LogP contribution in [0.15, 0.2) is 35.1 Å². The first-order valence-corrected chi connectivity index (χ1v) is 8.32. The summed E-state index contributed by atoms with van der Waals surface area (Å²) >= 11 is 0. The molecular formula is C18H16F3N3O2. The standard InChI is InChI=1S/C18H16F3N3O2/c19-13-5-12(6-14(20)17(13)21)22-18(26)23-7-10-4-11(9-23)15-2-1-3-16(25)24(15)8-10/h1-3,5-6,10-11H,4,7-9H2,(H,22,26)/t10-,11+/m1/s1. The number of likely N-dealkylation sites (tertiary alicyclic amines) is 1. The summed E-state index contributed by atoms with van der Waals surface area (Å²) in [6.07, 6.45) is 0.882. The maximum absolute atomic E-state index is 13.3. The van der Waals surface area contributed by atoms with Crippen molar-refractivity contribution in [2.75, 3.05) is 18.4 Å². The number of urea groups is 1. The molecule has 2 bridgehead atoms. The summed E-state index contributed by atoms with van der Waals surface area (Å²) in [4.78, 5) is 26.1. The molecular weight excluding hydrogens is 347 g/mol. The van der Waals surface area contributed by atoms with Crippen LogP contribution in [0.4, 0.5) is 23.7 Å². The molecule has 2 aliphatic heterocycles. The second-order valence-corrected chi connectivity index (χ2v) is 6.79. The Morgan fingerprint density at radius 3 is 2.54 bits per heavy atom. The molecule has 1 N–H and O–H groups in total. The van der Waals surface area contributed by atoms with Gasteiger partial charge in [-0.1, -0.05) is 6.07 Å². The molecule has 2 aliphatic rings. The third-order valence-electron chi connectivity index (χ3n) is 5.00. The molecule has 2 amide bonds. The molecule has 1 aromatic heterocycles. The number of nitrogens with zero attached hydrogens (tertiary/aromatic N) is 2. The van der Waals surface area contributed by atoms with E-state index in [1.54, 1.807) is 15.5 Å². The van der Waals surface area contributed by atoms with Crippen molar-refractivity contribution < 1.29 is 18.0 Å². The van der Waals surface area contributed by atoms with Crippen LogP contribution in [0, 0.1) is 23.4 Å². The largest absolute Gasteiger partial charge is 0.324 e. The Morgan fingerprint density at radius 1 is 1.08 bits per heavy atom. The molecule has 0 radical (unpaired) electrons. The van der Waals surface area contributed by atoms with Gasteiger partial charge in [-0.2, -0.15) is 0 Å². The van der Waals surface area contributed by atoms with Gasteiger partial charge in [0.1, 0.15) is 0 Å². The number of hydrogen-bond acceptors (Lipinski definition) is 2. The maximum atomic E-state index is 13.3. The number of halogens is 3. The van der Waals surface area contributed by atoms with E-state index < -0.39 is 23.5 Å². The number of pyridine rings is 1. The quantitative estimate of drug-likeness (QED) is 0.792. The van der Waals surface area contributed by atoms with Crippen LogP contribution in [0.25, 0.3) is 0 Å². The van der Waals surface area contributed by atoms with Crippen molar-refractivity contribution >= 4 is 11.7 Å². The minimum absolute atomic E-state index is 0.0313. The predicted octanol–water partition coefficient (Wildman–Crippen LogP) is 2.92. The van der Waals surface area contributed by atoms with E-state index in [0.29, 0.717) is 19.6 Å². The van der Waals surface area contributed by atoms with Crippen molar-refractivity contribution in [2.45, 2.75) is 18.9 Å². The summed E-state index contributed by atoms with van der Waals surface area (Å²) in [5.74, 6) is -4.12. The highest BCUT2D eigenvalue weighted by Gasteiger charge is 2.36. The van der Waals surface area contributed by atoms with E-state index in [-0.39, 0.29) is 23.1 Å². The predicted molar refractivity (Wildman–Crippen MR) is 88.5 cm³/mol. The first kappa shape index (κ1) is 16.7. The highest BCUT2D eigenvalue weighted by Crippen LogP contribution is 2.35. The molecule has 136 valence electrons. The number of fused-ring (bicyclic) bond motifs is 4. The molecule has 0 aliphatic carbocycles. The van der Waals surface area contributed by atoms with Crippen LogP contribution in [-0.2, 0) is 6.54 Å². The summed E-state index contributed by atoms with van der Waals surface area (Å²) < 4.78 is 41.4. The lowest BCUT2D eigenvalue weighted by Gasteiger charge is -2.42. The lowest BCUT2D eigenvalue weighted by molar-refractivity contribution is 0.139. The summed E-state index contributed by atoms with van der Waals surface area (Å²) in [5, 5.41) is 2.42. The Labute approximate surface area is 147 Å². The number of anilines is 1.